The first kappa shape index (κ1) is 16.7. The zero-order valence-electron chi connectivity index (χ0n) is 13.9. The average molecular weight is 333 g/mol. The highest BCUT2D eigenvalue weighted by Crippen LogP contribution is 2.32. The maximum atomic E-state index is 12.3. The summed E-state index contributed by atoms with van der Waals surface area (Å²) in [6.45, 7) is 4.27. The minimum Gasteiger partial charge on any atom is -0.452 e. The third-order valence-corrected chi connectivity index (χ3v) is 4.37. The molecule has 2 heterocycles. The van der Waals surface area contributed by atoms with Crippen molar-refractivity contribution in [2.24, 2.45) is 5.92 Å². The van der Waals surface area contributed by atoms with Crippen LogP contribution in [0.25, 0.3) is 0 Å². The van der Waals surface area contributed by atoms with Crippen LogP contribution in [-0.4, -0.2) is 55.8 Å². The van der Waals surface area contributed by atoms with Crippen LogP contribution in [0, 0.1) is 5.92 Å². The lowest BCUT2D eigenvalue weighted by atomic mass is 10.2. The number of amides is 1. The summed E-state index contributed by atoms with van der Waals surface area (Å²) in [7, 11) is 0. The number of hydrogen-bond acceptors (Lipinski definition) is 6. The Hall–Kier alpha value is -2.15. The van der Waals surface area contributed by atoms with Crippen LogP contribution in [0.1, 0.15) is 30.1 Å². The molecule has 3 rings (SSSR count). The molecule has 2 aliphatic rings. The molecule has 1 amide bonds. The Morgan fingerprint density at radius 2 is 2.17 bits per heavy atom. The summed E-state index contributed by atoms with van der Waals surface area (Å²) in [6.07, 6.45) is 3.95. The van der Waals surface area contributed by atoms with E-state index in [0.717, 1.165) is 12.8 Å². The molecule has 0 aromatic carbocycles. The summed E-state index contributed by atoms with van der Waals surface area (Å²) >= 11 is 0. The lowest BCUT2D eigenvalue weighted by Gasteiger charge is -2.28. The highest BCUT2D eigenvalue weighted by molar-refractivity contribution is 5.96. The van der Waals surface area contributed by atoms with Crippen molar-refractivity contribution >= 4 is 17.7 Å². The van der Waals surface area contributed by atoms with Gasteiger partial charge in [0.2, 0.25) is 0 Å². The highest BCUT2D eigenvalue weighted by Gasteiger charge is 2.29. The maximum absolute atomic E-state index is 12.3. The lowest BCUT2D eigenvalue weighted by molar-refractivity contribution is -0.124. The largest absolute Gasteiger partial charge is 0.452 e. The number of carbonyl (C=O) groups excluding carboxylic acids is 2. The van der Waals surface area contributed by atoms with Gasteiger partial charge in [-0.25, -0.2) is 9.78 Å². The molecule has 1 aliphatic heterocycles. The molecule has 24 heavy (non-hydrogen) atoms. The third kappa shape index (κ3) is 4.23. The average Bonchev–Trinajstić information content (AvgIpc) is 3.45. The molecule has 1 aliphatic carbocycles. The summed E-state index contributed by atoms with van der Waals surface area (Å²) in [5.74, 6) is 0.354. The Morgan fingerprint density at radius 3 is 2.88 bits per heavy atom. The molecule has 1 aromatic heterocycles. The van der Waals surface area contributed by atoms with Gasteiger partial charge in [0.15, 0.2) is 6.61 Å². The molecule has 2 fully saturated rings. The topological polar surface area (TPSA) is 80.8 Å². The fraction of sp³-hybridized carbons (Fsp3) is 0.588. The fourth-order valence-electron chi connectivity index (χ4n) is 2.80. The van der Waals surface area contributed by atoms with E-state index < -0.39 is 5.97 Å². The zero-order valence-corrected chi connectivity index (χ0v) is 13.9. The third-order valence-electron chi connectivity index (χ3n) is 4.37. The predicted octanol–water partition coefficient (Wildman–Crippen LogP) is 0.990. The zero-order chi connectivity index (χ0) is 16.9. The SMILES string of the molecule is C[C@@H](NC(=O)COC(=O)c1cccnc1N1CCOCC1)C1CC1. The summed E-state index contributed by atoms with van der Waals surface area (Å²) in [5.41, 5.74) is 0.377. The van der Waals surface area contributed by atoms with E-state index >= 15 is 0 Å². The normalized spacial score (nSPS) is 18.8. The van der Waals surface area contributed by atoms with Crippen LogP contribution in [0.4, 0.5) is 5.82 Å². The Kier molecular flexibility index (Phi) is 5.30. The van der Waals surface area contributed by atoms with Gasteiger partial charge >= 0.3 is 5.97 Å². The van der Waals surface area contributed by atoms with Gasteiger partial charge in [-0.2, -0.15) is 0 Å². The van der Waals surface area contributed by atoms with Gasteiger partial charge in [-0.05, 0) is 37.8 Å². The standard InChI is InChI=1S/C17H23N3O4/c1-12(13-4-5-13)19-15(21)11-24-17(22)14-3-2-6-18-16(14)20-7-9-23-10-8-20/h2-3,6,12-13H,4-5,7-11H2,1H3,(H,19,21)/t12-/m1/s1. The van der Waals surface area contributed by atoms with Gasteiger partial charge < -0.3 is 19.7 Å². The van der Waals surface area contributed by atoms with Crippen molar-refractivity contribution in [3.8, 4) is 0 Å². The Balaban J connectivity index is 1.57. The fourth-order valence-corrected chi connectivity index (χ4v) is 2.80. The molecular weight excluding hydrogens is 310 g/mol. The minimum atomic E-state index is -0.529. The van der Waals surface area contributed by atoms with E-state index in [2.05, 4.69) is 10.3 Å². The first-order chi connectivity index (χ1) is 11.6. The monoisotopic (exact) mass is 333 g/mol. The summed E-state index contributed by atoms with van der Waals surface area (Å²) < 4.78 is 10.5. The molecule has 1 N–H and O–H groups in total. The van der Waals surface area contributed by atoms with E-state index in [1.54, 1.807) is 18.3 Å². The van der Waals surface area contributed by atoms with Crippen LogP contribution >= 0.6 is 0 Å². The smallest absolute Gasteiger partial charge is 0.342 e. The molecule has 0 radical (unpaired) electrons. The Labute approximate surface area is 141 Å². The number of anilines is 1. The Morgan fingerprint density at radius 1 is 1.42 bits per heavy atom. The molecule has 0 unspecified atom stereocenters. The van der Waals surface area contributed by atoms with E-state index in [1.807, 2.05) is 11.8 Å². The van der Waals surface area contributed by atoms with Crippen molar-refractivity contribution in [2.45, 2.75) is 25.8 Å². The van der Waals surface area contributed by atoms with Crippen molar-refractivity contribution in [3.63, 3.8) is 0 Å². The van der Waals surface area contributed by atoms with Crippen molar-refractivity contribution in [3.05, 3.63) is 23.9 Å². The van der Waals surface area contributed by atoms with Crippen molar-refractivity contribution in [1.82, 2.24) is 10.3 Å². The molecule has 7 nitrogen and oxygen atoms in total. The van der Waals surface area contributed by atoms with Gasteiger partial charge in [-0.1, -0.05) is 0 Å². The highest BCUT2D eigenvalue weighted by atomic mass is 16.5. The van der Waals surface area contributed by atoms with Crippen LogP contribution in [0.15, 0.2) is 18.3 Å². The van der Waals surface area contributed by atoms with Crippen LogP contribution < -0.4 is 10.2 Å². The number of nitrogens with one attached hydrogen (secondary N) is 1. The van der Waals surface area contributed by atoms with Gasteiger partial charge in [-0.3, -0.25) is 4.79 Å². The van der Waals surface area contributed by atoms with Crippen LogP contribution in [-0.2, 0) is 14.3 Å². The number of morpholine rings is 1. The second-order valence-corrected chi connectivity index (χ2v) is 6.24. The Bertz CT molecular complexity index is 597. The van der Waals surface area contributed by atoms with Crippen LogP contribution in [0.3, 0.4) is 0 Å². The number of aromatic nitrogens is 1. The van der Waals surface area contributed by atoms with Gasteiger partial charge in [-0.15, -0.1) is 0 Å². The first-order valence-electron chi connectivity index (χ1n) is 8.39. The molecule has 0 spiro atoms. The molecule has 1 aromatic rings. The van der Waals surface area contributed by atoms with Gasteiger partial charge in [0.25, 0.3) is 5.91 Å². The first-order valence-corrected chi connectivity index (χ1v) is 8.39. The van der Waals surface area contributed by atoms with Crippen molar-refractivity contribution in [2.75, 3.05) is 37.8 Å². The molecular formula is C17H23N3O4. The molecule has 1 saturated carbocycles. The summed E-state index contributed by atoms with van der Waals surface area (Å²) in [4.78, 5) is 30.5. The van der Waals surface area contributed by atoms with Gasteiger partial charge in [0, 0.05) is 25.3 Å². The second-order valence-electron chi connectivity index (χ2n) is 6.24. The van der Waals surface area contributed by atoms with Gasteiger partial charge in [0.05, 0.1) is 13.2 Å². The number of carbonyl (C=O) groups is 2. The number of ether oxygens (including phenoxy) is 2. The molecule has 1 atom stereocenters. The summed E-state index contributed by atoms with van der Waals surface area (Å²) in [6, 6.07) is 3.50. The maximum Gasteiger partial charge on any atom is 0.342 e. The van der Waals surface area contributed by atoms with Crippen LogP contribution in [0.5, 0.6) is 0 Å². The summed E-state index contributed by atoms with van der Waals surface area (Å²) in [5, 5.41) is 2.87. The molecule has 0 bridgehead atoms. The number of pyridine rings is 1. The van der Waals surface area contributed by atoms with E-state index in [0.29, 0.717) is 43.6 Å². The molecule has 130 valence electrons. The predicted molar refractivity (Wildman–Crippen MR) is 87.9 cm³/mol. The number of esters is 1. The van der Waals surface area contributed by atoms with E-state index in [1.165, 1.54) is 0 Å². The van der Waals surface area contributed by atoms with Crippen LogP contribution in [0.2, 0.25) is 0 Å². The second kappa shape index (κ2) is 7.61. The van der Waals surface area contributed by atoms with E-state index in [4.69, 9.17) is 9.47 Å². The number of rotatable bonds is 6. The number of nitrogens with zero attached hydrogens (tertiary/aromatic N) is 2. The minimum absolute atomic E-state index is 0.138. The lowest BCUT2D eigenvalue weighted by Crippen LogP contribution is -2.38. The van der Waals surface area contributed by atoms with Gasteiger partial charge in [0.1, 0.15) is 11.4 Å². The van der Waals surface area contributed by atoms with Crippen molar-refractivity contribution in [1.29, 1.82) is 0 Å². The molecule has 1 saturated heterocycles. The van der Waals surface area contributed by atoms with E-state index in [-0.39, 0.29) is 18.6 Å². The number of hydrogen-bond donors (Lipinski definition) is 1. The quantitative estimate of drug-likeness (QED) is 0.782. The molecule has 7 heteroatoms. The van der Waals surface area contributed by atoms with Crippen molar-refractivity contribution < 1.29 is 19.1 Å². The van der Waals surface area contributed by atoms with E-state index in [9.17, 15) is 9.59 Å².